The smallest absolute Gasteiger partial charge is 0.258 e. The third-order valence-corrected chi connectivity index (χ3v) is 3.35. The molecular formula is C14H11BrFNO2. The summed E-state index contributed by atoms with van der Waals surface area (Å²) >= 11 is 3.04. The van der Waals surface area contributed by atoms with Crippen molar-refractivity contribution in [2.24, 2.45) is 0 Å². The molecule has 2 aromatic rings. The highest BCUT2D eigenvalue weighted by molar-refractivity contribution is 9.10. The molecule has 0 aliphatic carbocycles. The Kier molecular flexibility index (Phi) is 3.85. The highest BCUT2D eigenvalue weighted by Gasteiger charge is 2.14. The Balaban J connectivity index is 2.28. The maximum Gasteiger partial charge on any atom is 0.258 e. The molecule has 0 fully saturated rings. The van der Waals surface area contributed by atoms with Crippen molar-refractivity contribution in [2.45, 2.75) is 0 Å². The van der Waals surface area contributed by atoms with E-state index >= 15 is 0 Å². The number of anilines is 1. The van der Waals surface area contributed by atoms with Gasteiger partial charge in [-0.3, -0.25) is 4.79 Å². The van der Waals surface area contributed by atoms with E-state index in [9.17, 15) is 14.3 Å². The zero-order valence-electron chi connectivity index (χ0n) is 10.1. The maximum absolute atomic E-state index is 13.4. The molecule has 0 heterocycles. The lowest BCUT2D eigenvalue weighted by molar-refractivity contribution is 0.0992. The third-order valence-electron chi connectivity index (χ3n) is 2.71. The van der Waals surface area contributed by atoms with Gasteiger partial charge in [-0.15, -0.1) is 0 Å². The minimum absolute atomic E-state index is 0.124. The van der Waals surface area contributed by atoms with Crippen molar-refractivity contribution in [3.05, 3.63) is 58.3 Å². The fourth-order valence-electron chi connectivity index (χ4n) is 1.62. The second-order valence-electron chi connectivity index (χ2n) is 4.01. The predicted molar refractivity (Wildman–Crippen MR) is 74.9 cm³/mol. The third kappa shape index (κ3) is 2.93. The quantitative estimate of drug-likeness (QED) is 0.917. The first-order valence-electron chi connectivity index (χ1n) is 5.51. The Labute approximate surface area is 118 Å². The number of halogens is 2. The van der Waals surface area contributed by atoms with E-state index in [4.69, 9.17) is 0 Å². The van der Waals surface area contributed by atoms with Crippen LogP contribution < -0.4 is 4.90 Å². The summed E-state index contributed by atoms with van der Waals surface area (Å²) in [6, 6.07) is 10.4. The number of aromatic hydroxyl groups is 1. The number of nitrogens with zero attached hydrogens (tertiary/aromatic N) is 1. The van der Waals surface area contributed by atoms with Crippen molar-refractivity contribution in [1.29, 1.82) is 0 Å². The van der Waals surface area contributed by atoms with Crippen molar-refractivity contribution in [1.82, 2.24) is 0 Å². The fraction of sp³-hybridized carbons (Fsp3) is 0.0714. The first kappa shape index (κ1) is 13.5. The van der Waals surface area contributed by atoms with E-state index in [1.54, 1.807) is 25.2 Å². The molecule has 0 atom stereocenters. The fourth-order valence-corrected chi connectivity index (χ4v) is 1.86. The number of amides is 1. The number of phenols is 1. The largest absolute Gasteiger partial charge is 0.508 e. The predicted octanol–water partition coefficient (Wildman–Crippen LogP) is 3.57. The first-order valence-corrected chi connectivity index (χ1v) is 6.30. The van der Waals surface area contributed by atoms with E-state index in [0.29, 0.717) is 10.2 Å². The van der Waals surface area contributed by atoms with Crippen LogP contribution in [0.25, 0.3) is 0 Å². The lowest BCUT2D eigenvalue weighted by Gasteiger charge is -2.17. The number of carbonyl (C=O) groups is 1. The minimum atomic E-state index is -0.482. The molecule has 2 aromatic carbocycles. The van der Waals surface area contributed by atoms with Crippen LogP contribution in [-0.4, -0.2) is 18.1 Å². The van der Waals surface area contributed by atoms with Crippen molar-refractivity contribution in [2.75, 3.05) is 11.9 Å². The van der Waals surface area contributed by atoms with Crippen LogP contribution in [0.5, 0.6) is 5.75 Å². The van der Waals surface area contributed by atoms with Gasteiger partial charge < -0.3 is 10.0 Å². The van der Waals surface area contributed by atoms with Gasteiger partial charge in [-0.2, -0.15) is 0 Å². The molecule has 1 amide bonds. The van der Waals surface area contributed by atoms with Crippen LogP contribution in [0.1, 0.15) is 10.4 Å². The van der Waals surface area contributed by atoms with Gasteiger partial charge in [0.05, 0.1) is 4.47 Å². The van der Waals surface area contributed by atoms with Crippen LogP contribution in [0, 0.1) is 5.82 Å². The molecule has 3 nitrogen and oxygen atoms in total. The van der Waals surface area contributed by atoms with Crippen LogP contribution in [0.4, 0.5) is 10.1 Å². The van der Waals surface area contributed by atoms with E-state index < -0.39 is 5.82 Å². The number of phenolic OH excluding ortho intramolecular Hbond substituents is 1. The molecule has 1 N–H and O–H groups in total. The number of benzene rings is 2. The molecule has 5 heteroatoms. The monoisotopic (exact) mass is 323 g/mol. The molecule has 0 aliphatic rings. The van der Waals surface area contributed by atoms with E-state index in [2.05, 4.69) is 15.9 Å². The second-order valence-corrected chi connectivity index (χ2v) is 4.86. The van der Waals surface area contributed by atoms with Crippen LogP contribution in [0.15, 0.2) is 46.9 Å². The summed E-state index contributed by atoms with van der Waals surface area (Å²) in [7, 11) is 1.59. The molecule has 0 radical (unpaired) electrons. The maximum atomic E-state index is 13.4. The summed E-state index contributed by atoms with van der Waals surface area (Å²) in [5, 5.41) is 9.20. The van der Waals surface area contributed by atoms with Crippen molar-refractivity contribution < 1.29 is 14.3 Å². The van der Waals surface area contributed by atoms with Crippen LogP contribution in [0.2, 0.25) is 0 Å². The second kappa shape index (κ2) is 5.40. The summed E-state index contributed by atoms with van der Waals surface area (Å²) in [4.78, 5) is 13.6. The number of hydrogen-bond donors (Lipinski definition) is 1. The average molecular weight is 324 g/mol. The van der Waals surface area contributed by atoms with Crippen molar-refractivity contribution in [3.8, 4) is 5.75 Å². The van der Waals surface area contributed by atoms with Gasteiger partial charge in [0.2, 0.25) is 0 Å². The van der Waals surface area contributed by atoms with Gasteiger partial charge in [-0.1, -0.05) is 0 Å². The van der Waals surface area contributed by atoms with Gasteiger partial charge >= 0.3 is 0 Å². The molecular weight excluding hydrogens is 313 g/mol. The normalized spacial score (nSPS) is 10.3. The van der Waals surface area contributed by atoms with Gasteiger partial charge in [0, 0.05) is 18.3 Å². The van der Waals surface area contributed by atoms with Gasteiger partial charge in [0.15, 0.2) is 0 Å². The molecule has 2 rings (SSSR count). The average Bonchev–Trinajstić information content (AvgIpc) is 2.41. The summed E-state index contributed by atoms with van der Waals surface area (Å²) in [6.45, 7) is 0. The molecule has 0 unspecified atom stereocenters. The first-order chi connectivity index (χ1) is 8.99. The van der Waals surface area contributed by atoms with Crippen molar-refractivity contribution in [3.63, 3.8) is 0 Å². The Morgan fingerprint density at radius 2 is 1.84 bits per heavy atom. The van der Waals surface area contributed by atoms with Crippen LogP contribution in [-0.2, 0) is 0 Å². The highest BCUT2D eigenvalue weighted by Crippen LogP contribution is 2.21. The molecule has 0 aliphatic heterocycles. The van der Waals surface area contributed by atoms with Crippen molar-refractivity contribution >= 4 is 27.5 Å². The highest BCUT2D eigenvalue weighted by atomic mass is 79.9. The topological polar surface area (TPSA) is 40.5 Å². The Morgan fingerprint density at radius 3 is 2.42 bits per heavy atom. The molecule has 0 spiro atoms. The van der Waals surface area contributed by atoms with E-state index in [1.807, 2.05) is 0 Å². The van der Waals surface area contributed by atoms with E-state index in [-0.39, 0.29) is 17.2 Å². The SMILES string of the molecule is CN(C(=O)c1ccc(Br)c(F)c1)c1ccc(O)cc1. The zero-order valence-corrected chi connectivity index (χ0v) is 11.7. The summed E-state index contributed by atoms with van der Waals surface area (Å²) < 4.78 is 13.7. The molecule has 98 valence electrons. The van der Waals surface area contributed by atoms with Gasteiger partial charge in [0.25, 0.3) is 5.91 Å². The Hall–Kier alpha value is -1.88. The minimum Gasteiger partial charge on any atom is -0.508 e. The van der Waals surface area contributed by atoms with Gasteiger partial charge in [0.1, 0.15) is 11.6 Å². The molecule has 0 saturated carbocycles. The molecule has 19 heavy (non-hydrogen) atoms. The summed E-state index contributed by atoms with van der Waals surface area (Å²) in [5.74, 6) is -0.679. The van der Waals surface area contributed by atoms with Crippen LogP contribution in [0.3, 0.4) is 0 Å². The zero-order chi connectivity index (χ0) is 14.0. The summed E-state index contributed by atoms with van der Waals surface area (Å²) in [5.41, 5.74) is 0.877. The van der Waals surface area contributed by atoms with E-state index in [1.165, 1.54) is 29.2 Å². The Morgan fingerprint density at radius 1 is 1.21 bits per heavy atom. The number of carbonyl (C=O) groups excluding carboxylic acids is 1. The molecule has 0 bridgehead atoms. The summed E-state index contributed by atoms with van der Waals surface area (Å²) in [6.07, 6.45) is 0. The molecule has 0 aromatic heterocycles. The lowest BCUT2D eigenvalue weighted by atomic mass is 10.2. The lowest BCUT2D eigenvalue weighted by Crippen LogP contribution is -2.26. The van der Waals surface area contributed by atoms with Crippen LogP contribution >= 0.6 is 15.9 Å². The van der Waals surface area contributed by atoms with E-state index in [0.717, 1.165) is 0 Å². The number of hydrogen-bond acceptors (Lipinski definition) is 2. The standard InChI is InChI=1S/C14H11BrFNO2/c1-17(10-3-5-11(18)6-4-10)14(19)9-2-7-12(15)13(16)8-9/h2-8,18H,1H3. The molecule has 0 saturated heterocycles. The van der Waals surface area contributed by atoms with Gasteiger partial charge in [-0.25, -0.2) is 4.39 Å². The Bertz CT molecular complexity index is 613. The number of rotatable bonds is 2. The van der Waals surface area contributed by atoms with Gasteiger partial charge in [-0.05, 0) is 58.4 Å².